The first-order chi connectivity index (χ1) is 12.2. The van der Waals surface area contributed by atoms with Crippen LogP contribution in [-0.4, -0.2) is 20.4 Å². The number of H-pyrrole nitrogens is 1. The Morgan fingerprint density at radius 1 is 1.04 bits per heavy atom. The number of nitrogens with zero attached hydrogens (tertiary/aromatic N) is 2. The minimum absolute atomic E-state index is 0.310. The van der Waals surface area contributed by atoms with Crippen molar-refractivity contribution in [1.29, 1.82) is 0 Å². The smallest absolute Gasteiger partial charge is 0.255 e. The lowest BCUT2D eigenvalue weighted by molar-refractivity contribution is 0.102. The van der Waals surface area contributed by atoms with Crippen molar-refractivity contribution in [3.8, 4) is 5.69 Å². The fraction of sp³-hybridized carbons (Fsp3) is 0. The van der Waals surface area contributed by atoms with Crippen LogP contribution in [0.5, 0.6) is 0 Å². The average Bonchev–Trinajstić information content (AvgIpc) is 3.06. The predicted octanol–water partition coefficient (Wildman–Crippen LogP) is 2.97. The van der Waals surface area contributed by atoms with Crippen LogP contribution in [0.15, 0.2) is 78.0 Å². The minimum Gasteiger partial charge on any atom is -0.329 e. The molecule has 0 atom stereocenters. The lowest BCUT2D eigenvalue weighted by atomic mass is 10.2. The van der Waals surface area contributed by atoms with Gasteiger partial charge in [-0.15, -0.1) is 0 Å². The van der Waals surface area contributed by atoms with Crippen LogP contribution in [0.3, 0.4) is 0 Å². The normalized spacial score (nSPS) is 10.7. The highest BCUT2D eigenvalue weighted by Crippen LogP contribution is 2.19. The molecule has 0 spiro atoms. The molecule has 0 saturated carbocycles. The topological polar surface area (TPSA) is 79.8 Å². The third-order valence-corrected chi connectivity index (χ3v) is 3.89. The standard InChI is InChI=1S/C19H14N4O2/c24-18-11-13(9-10-20-18)19(25)22-14-5-7-15(8-6-14)23-12-21-16-3-1-2-4-17(16)23/h1-12H,(H,20,24)(H,22,25). The number of fused-ring (bicyclic) bond motifs is 1. The van der Waals surface area contributed by atoms with Crippen molar-refractivity contribution in [1.82, 2.24) is 14.5 Å². The van der Waals surface area contributed by atoms with Gasteiger partial charge in [0.05, 0.1) is 11.0 Å². The van der Waals surface area contributed by atoms with E-state index >= 15 is 0 Å². The maximum Gasteiger partial charge on any atom is 0.255 e. The van der Waals surface area contributed by atoms with E-state index < -0.39 is 0 Å². The number of benzene rings is 2. The molecule has 0 aliphatic carbocycles. The monoisotopic (exact) mass is 330 g/mol. The number of rotatable bonds is 3. The first-order valence-electron chi connectivity index (χ1n) is 7.73. The van der Waals surface area contributed by atoms with Gasteiger partial charge < -0.3 is 10.3 Å². The van der Waals surface area contributed by atoms with Gasteiger partial charge in [0.25, 0.3) is 5.91 Å². The molecule has 4 rings (SSSR count). The van der Waals surface area contributed by atoms with E-state index in [2.05, 4.69) is 15.3 Å². The van der Waals surface area contributed by atoms with E-state index in [9.17, 15) is 9.59 Å². The zero-order valence-corrected chi connectivity index (χ0v) is 13.1. The molecule has 0 aliphatic rings. The highest BCUT2D eigenvalue weighted by Gasteiger charge is 2.07. The van der Waals surface area contributed by atoms with E-state index in [0.717, 1.165) is 16.7 Å². The maximum absolute atomic E-state index is 12.2. The number of carbonyl (C=O) groups is 1. The van der Waals surface area contributed by atoms with Gasteiger partial charge in [-0.2, -0.15) is 0 Å². The summed E-state index contributed by atoms with van der Waals surface area (Å²) in [6, 6.07) is 18.1. The van der Waals surface area contributed by atoms with Crippen molar-refractivity contribution < 1.29 is 4.79 Å². The molecular formula is C19H14N4O2. The lowest BCUT2D eigenvalue weighted by Gasteiger charge is -2.08. The van der Waals surface area contributed by atoms with Gasteiger partial charge in [-0.05, 0) is 42.5 Å². The third kappa shape index (κ3) is 2.92. The van der Waals surface area contributed by atoms with Crippen LogP contribution in [0.1, 0.15) is 10.4 Å². The molecule has 25 heavy (non-hydrogen) atoms. The van der Waals surface area contributed by atoms with Crippen molar-refractivity contribution in [3.05, 3.63) is 89.1 Å². The number of hydrogen-bond donors (Lipinski definition) is 2. The molecule has 0 aliphatic heterocycles. The zero-order valence-electron chi connectivity index (χ0n) is 13.1. The Kier molecular flexibility index (Phi) is 3.63. The lowest BCUT2D eigenvalue weighted by Crippen LogP contribution is -2.15. The maximum atomic E-state index is 12.2. The number of anilines is 1. The molecule has 6 heteroatoms. The largest absolute Gasteiger partial charge is 0.329 e. The van der Waals surface area contributed by atoms with Gasteiger partial charge in [-0.3, -0.25) is 14.2 Å². The van der Waals surface area contributed by atoms with Crippen LogP contribution in [0, 0.1) is 0 Å². The van der Waals surface area contributed by atoms with E-state index in [1.165, 1.54) is 12.3 Å². The number of para-hydroxylation sites is 2. The van der Waals surface area contributed by atoms with Gasteiger partial charge in [0.1, 0.15) is 6.33 Å². The summed E-state index contributed by atoms with van der Waals surface area (Å²) in [5.41, 5.74) is 3.54. The van der Waals surface area contributed by atoms with Gasteiger partial charge >= 0.3 is 0 Å². The van der Waals surface area contributed by atoms with Crippen LogP contribution in [0.4, 0.5) is 5.69 Å². The Morgan fingerprint density at radius 3 is 2.64 bits per heavy atom. The van der Waals surface area contributed by atoms with Crippen LogP contribution >= 0.6 is 0 Å². The van der Waals surface area contributed by atoms with Gasteiger partial charge in [-0.1, -0.05) is 12.1 Å². The summed E-state index contributed by atoms with van der Waals surface area (Å²) >= 11 is 0. The van der Waals surface area contributed by atoms with Crippen LogP contribution in [0.2, 0.25) is 0 Å². The summed E-state index contributed by atoms with van der Waals surface area (Å²) in [6.45, 7) is 0. The first-order valence-corrected chi connectivity index (χ1v) is 7.73. The third-order valence-electron chi connectivity index (χ3n) is 3.89. The van der Waals surface area contributed by atoms with Crippen LogP contribution in [-0.2, 0) is 0 Å². The Balaban J connectivity index is 1.58. The van der Waals surface area contributed by atoms with Gasteiger partial charge in [0.2, 0.25) is 5.56 Å². The summed E-state index contributed by atoms with van der Waals surface area (Å²) in [6.07, 6.45) is 3.22. The summed E-state index contributed by atoms with van der Waals surface area (Å²) in [4.78, 5) is 30.3. The van der Waals surface area contributed by atoms with Crippen molar-refractivity contribution >= 4 is 22.6 Å². The van der Waals surface area contributed by atoms with Crippen molar-refractivity contribution in [3.63, 3.8) is 0 Å². The average molecular weight is 330 g/mol. The van der Waals surface area contributed by atoms with Crippen molar-refractivity contribution in [2.75, 3.05) is 5.32 Å². The number of imidazole rings is 1. The van der Waals surface area contributed by atoms with Gasteiger partial charge in [-0.25, -0.2) is 4.98 Å². The number of nitrogens with one attached hydrogen (secondary N) is 2. The molecular weight excluding hydrogens is 316 g/mol. The second-order valence-corrected chi connectivity index (χ2v) is 5.55. The molecule has 0 bridgehead atoms. The molecule has 0 unspecified atom stereocenters. The van der Waals surface area contributed by atoms with Crippen LogP contribution < -0.4 is 10.9 Å². The van der Waals surface area contributed by atoms with E-state index in [0.29, 0.717) is 11.3 Å². The van der Waals surface area contributed by atoms with Crippen molar-refractivity contribution in [2.24, 2.45) is 0 Å². The number of aromatic nitrogens is 3. The molecule has 4 aromatic rings. The van der Waals surface area contributed by atoms with Gasteiger partial charge in [0, 0.05) is 29.2 Å². The van der Waals surface area contributed by atoms with E-state index in [-0.39, 0.29) is 11.5 Å². The highest BCUT2D eigenvalue weighted by atomic mass is 16.2. The van der Waals surface area contributed by atoms with E-state index in [1.54, 1.807) is 12.4 Å². The molecule has 2 aromatic heterocycles. The molecule has 6 nitrogen and oxygen atoms in total. The fourth-order valence-corrected chi connectivity index (χ4v) is 2.66. The Morgan fingerprint density at radius 2 is 1.84 bits per heavy atom. The van der Waals surface area contributed by atoms with Gasteiger partial charge in [0.15, 0.2) is 0 Å². The highest BCUT2D eigenvalue weighted by molar-refractivity contribution is 6.04. The predicted molar refractivity (Wildman–Crippen MR) is 96.1 cm³/mol. The van der Waals surface area contributed by atoms with Crippen LogP contribution in [0.25, 0.3) is 16.7 Å². The minimum atomic E-state index is -0.327. The second kappa shape index (κ2) is 6.09. The zero-order chi connectivity index (χ0) is 17.2. The number of carbonyl (C=O) groups excluding carboxylic acids is 1. The molecule has 0 radical (unpaired) electrons. The number of aromatic amines is 1. The Labute approximate surface area is 142 Å². The number of pyridine rings is 1. The summed E-state index contributed by atoms with van der Waals surface area (Å²) < 4.78 is 1.98. The summed E-state index contributed by atoms with van der Waals surface area (Å²) in [7, 11) is 0. The van der Waals surface area contributed by atoms with E-state index in [1.807, 2.05) is 53.1 Å². The molecule has 122 valence electrons. The second-order valence-electron chi connectivity index (χ2n) is 5.55. The summed E-state index contributed by atoms with van der Waals surface area (Å²) in [5.74, 6) is -0.327. The summed E-state index contributed by atoms with van der Waals surface area (Å²) in [5, 5.41) is 2.78. The van der Waals surface area contributed by atoms with Crippen molar-refractivity contribution in [2.45, 2.75) is 0 Å². The Bertz CT molecular complexity index is 1110. The molecule has 0 saturated heterocycles. The number of amides is 1. The molecule has 2 N–H and O–H groups in total. The molecule has 1 amide bonds. The molecule has 2 heterocycles. The fourth-order valence-electron chi connectivity index (χ4n) is 2.66. The molecule has 0 fully saturated rings. The quantitative estimate of drug-likeness (QED) is 0.606. The number of hydrogen-bond acceptors (Lipinski definition) is 3. The molecule has 2 aromatic carbocycles. The first kappa shape index (κ1) is 14.9. The SMILES string of the molecule is O=C(Nc1ccc(-n2cnc3ccccc32)cc1)c1cc[nH]c(=O)c1. The Hall–Kier alpha value is -3.67. The van der Waals surface area contributed by atoms with E-state index in [4.69, 9.17) is 0 Å².